The van der Waals surface area contributed by atoms with E-state index < -0.39 is 0 Å². The molecule has 1 heterocycles. The largest absolute Gasteiger partial charge is 0.491 e. The van der Waals surface area contributed by atoms with E-state index in [4.69, 9.17) is 4.74 Å². The number of aldehydes is 1. The zero-order valence-electron chi connectivity index (χ0n) is 11.7. The van der Waals surface area contributed by atoms with Crippen molar-refractivity contribution in [2.24, 2.45) is 0 Å². The van der Waals surface area contributed by atoms with Crippen molar-refractivity contribution in [1.29, 1.82) is 0 Å². The quantitative estimate of drug-likeness (QED) is 0.828. The molecule has 0 atom stereocenters. The van der Waals surface area contributed by atoms with E-state index in [1.807, 2.05) is 6.92 Å². The first-order valence-electron chi connectivity index (χ1n) is 6.68. The summed E-state index contributed by atoms with van der Waals surface area (Å²) in [5.74, 6) is 0.243. The van der Waals surface area contributed by atoms with Gasteiger partial charge in [0.15, 0.2) is 0 Å². The Labute approximate surface area is 123 Å². The molecule has 0 aliphatic carbocycles. The second-order valence-corrected chi connectivity index (χ2v) is 4.42. The van der Waals surface area contributed by atoms with Gasteiger partial charge in [-0.1, -0.05) is 6.92 Å². The zero-order valence-corrected chi connectivity index (χ0v) is 11.7. The third kappa shape index (κ3) is 3.89. The molecule has 5 heteroatoms. The molecular formula is C16H16N2O3. The second-order valence-electron chi connectivity index (χ2n) is 4.42. The summed E-state index contributed by atoms with van der Waals surface area (Å²) in [5, 5.41) is 2.75. The van der Waals surface area contributed by atoms with Crippen LogP contribution in [0.5, 0.6) is 5.75 Å². The van der Waals surface area contributed by atoms with Gasteiger partial charge >= 0.3 is 0 Å². The van der Waals surface area contributed by atoms with Crippen LogP contribution >= 0.6 is 0 Å². The number of aromatic nitrogens is 1. The molecule has 1 aromatic heterocycles. The Bertz CT molecular complexity index is 627. The van der Waals surface area contributed by atoms with Crippen LogP contribution in [0.4, 0.5) is 5.69 Å². The highest BCUT2D eigenvalue weighted by Crippen LogP contribution is 2.26. The van der Waals surface area contributed by atoms with Crippen LogP contribution in [0, 0.1) is 0 Å². The van der Waals surface area contributed by atoms with Gasteiger partial charge in [-0.3, -0.25) is 14.6 Å². The Morgan fingerprint density at radius 3 is 2.90 bits per heavy atom. The molecule has 0 spiro atoms. The summed E-state index contributed by atoms with van der Waals surface area (Å²) in [5.41, 5.74) is 1.39. The Kier molecular flexibility index (Phi) is 5.04. The highest BCUT2D eigenvalue weighted by molar-refractivity contribution is 6.05. The number of ether oxygens (including phenoxy) is 1. The van der Waals surface area contributed by atoms with Crippen LogP contribution in [0.25, 0.3) is 0 Å². The smallest absolute Gasteiger partial charge is 0.257 e. The number of anilines is 1. The van der Waals surface area contributed by atoms with E-state index in [1.165, 1.54) is 6.20 Å². The van der Waals surface area contributed by atoms with Gasteiger partial charge in [-0.25, -0.2) is 0 Å². The number of carbonyl (C=O) groups excluding carboxylic acids is 2. The number of amides is 1. The molecule has 0 radical (unpaired) electrons. The number of pyridine rings is 1. The lowest BCUT2D eigenvalue weighted by atomic mass is 10.2. The summed E-state index contributed by atoms with van der Waals surface area (Å²) in [7, 11) is 0. The molecule has 0 fully saturated rings. The van der Waals surface area contributed by atoms with Crippen LogP contribution in [-0.2, 0) is 0 Å². The Hall–Kier alpha value is -2.69. The van der Waals surface area contributed by atoms with Crippen LogP contribution < -0.4 is 10.1 Å². The average Bonchev–Trinajstić information content (AvgIpc) is 2.54. The molecular weight excluding hydrogens is 268 g/mol. The standard InChI is InChI=1S/C16H16N2O3/c1-2-8-21-15-6-5-12(11-19)9-14(15)18-16(20)13-4-3-7-17-10-13/h3-7,9-11H,2,8H2,1H3,(H,18,20). The molecule has 0 aliphatic heterocycles. The molecule has 1 N–H and O–H groups in total. The van der Waals surface area contributed by atoms with Crippen molar-refractivity contribution in [3.63, 3.8) is 0 Å². The SMILES string of the molecule is CCCOc1ccc(C=O)cc1NC(=O)c1cccnc1. The summed E-state index contributed by atoms with van der Waals surface area (Å²) in [6, 6.07) is 8.27. The normalized spacial score (nSPS) is 9.95. The van der Waals surface area contributed by atoms with Crippen molar-refractivity contribution in [2.75, 3.05) is 11.9 Å². The maximum Gasteiger partial charge on any atom is 0.257 e. The van der Waals surface area contributed by atoms with E-state index in [-0.39, 0.29) is 5.91 Å². The Balaban J connectivity index is 2.24. The second kappa shape index (κ2) is 7.19. The van der Waals surface area contributed by atoms with Gasteiger partial charge in [0, 0.05) is 18.0 Å². The summed E-state index contributed by atoms with van der Waals surface area (Å²) >= 11 is 0. The molecule has 0 saturated carbocycles. The first-order chi connectivity index (χ1) is 10.2. The van der Waals surface area contributed by atoms with Crippen molar-refractivity contribution in [3.8, 4) is 5.75 Å². The number of benzene rings is 1. The monoisotopic (exact) mass is 284 g/mol. The van der Waals surface area contributed by atoms with Crippen LogP contribution in [0.1, 0.15) is 34.1 Å². The number of hydrogen-bond donors (Lipinski definition) is 1. The van der Waals surface area contributed by atoms with Gasteiger partial charge in [0.1, 0.15) is 12.0 Å². The zero-order chi connectivity index (χ0) is 15.1. The van der Waals surface area contributed by atoms with E-state index in [2.05, 4.69) is 10.3 Å². The molecule has 1 amide bonds. The molecule has 2 aromatic rings. The van der Waals surface area contributed by atoms with Crippen molar-refractivity contribution in [3.05, 3.63) is 53.9 Å². The third-order valence-corrected chi connectivity index (χ3v) is 2.77. The van der Waals surface area contributed by atoms with Crippen molar-refractivity contribution in [2.45, 2.75) is 13.3 Å². The van der Waals surface area contributed by atoms with E-state index in [0.717, 1.165) is 12.7 Å². The number of carbonyl (C=O) groups is 2. The van der Waals surface area contributed by atoms with Gasteiger partial charge in [0.2, 0.25) is 0 Å². The summed E-state index contributed by atoms with van der Waals surface area (Å²) in [4.78, 5) is 26.9. The average molecular weight is 284 g/mol. The van der Waals surface area contributed by atoms with E-state index >= 15 is 0 Å². The van der Waals surface area contributed by atoms with E-state index in [9.17, 15) is 9.59 Å². The van der Waals surface area contributed by atoms with Gasteiger partial charge in [0.25, 0.3) is 5.91 Å². The van der Waals surface area contributed by atoms with Gasteiger partial charge in [-0.2, -0.15) is 0 Å². The minimum Gasteiger partial charge on any atom is -0.491 e. The lowest BCUT2D eigenvalue weighted by Crippen LogP contribution is -2.13. The maximum absolute atomic E-state index is 12.1. The van der Waals surface area contributed by atoms with Gasteiger partial charge in [0.05, 0.1) is 17.9 Å². The summed E-state index contributed by atoms with van der Waals surface area (Å²) in [6.07, 6.45) is 4.65. The van der Waals surface area contributed by atoms with E-state index in [1.54, 1.807) is 36.5 Å². The van der Waals surface area contributed by atoms with Gasteiger partial charge < -0.3 is 10.1 Å². The van der Waals surface area contributed by atoms with Crippen molar-refractivity contribution in [1.82, 2.24) is 4.98 Å². The van der Waals surface area contributed by atoms with Gasteiger partial charge in [-0.05, 0) is 36.8 Å². The highest BCUT2D eigenvalue weighted by atomic mass is 16.5. The van der Waals surface area contributed by atoms with Crippen LogP contribution in [-0.4, -0.2) is 23.8 Å². The third-order valence-electron chi connectivity index (χ3n) is 2.77. The molecule has 5 nitrogen and oxygen atoms in total. The number of hydrogen-bond acceptors (Lipinski definition) is 4. The Morgan fingerprint density at radius 2 is 2.24 bits per heavy atom. The molecule has 0 bridgehead atoms. The molecule has 2 rings (SSSR count). The topological polar surface area (TPSA) is 68.3 Å². The minimum absolute atomic E-state index is 0.299. The molecule has 1 aromatic carbocycles. The summed E-state index contributed by atoms with van der Waals surface area (Å²) in [6.45, 7) is 2.53. The predicted molar refractivity (Wildman–Crippen MR) is 79.8 cm³/mol. The molecule has 21 heavy (non-hydrogen) atoms. The van der Waals surface area contributed by atoms with Crippen molar-refractivity contribution >= 4 is 17.9 Å². The molecule has 0 aliphatic rings. The van der Waals surface area contributed by atoms with Crippen LogP contribution in [0.2, 0.25) is 0 Å². The predicted octanol–water partition coefficient (Wildman–Crippen LogP) is 2.94. The molecule has 108 valence electrons. The number of nitrogens with one attached hydrogen (secondary N) is 1. The van der Waals surface area contributed by atoms with E-state index in [0.29, 0.717) is 29.2 Å². The Morgan fingerprint density at radius 1 is 1.38 bits per heavy atom. The fourth-order valence-corrected chi connectivity index (χ4v) is 1.75. The first kappa shape index (κ1) is 14.7. The first-order valence-corrected chi connectivity index (χ1v) is 6.68. The van der Waals surface area contributed by atoms with Crippen molar-refractivity contribution < 1.29 is 14.3 Å². The highest BCUT2D eigenvalue weighted by Gasteiger charge is 2.11. The maximum atomic E-state index is 12.1. The fourth-order valence-electron chi connectivity index (χ4n) is 1.75. The van der Waals surface area contributed by atoms with Gasteiger partial charge in [-0.15, -0.1) is 0 Å². The lowest BCUT2D eigenvalue weighted by Gasteiger charge is -2.12. The minimum atomic E-state index is -0.299. The summed E-state index contributed by atoms with van der Waals surface area (Å²) < 4.78 is 5.58. The molecule has 0 saturated heterocycles. The lowest BCUT2D eigenvalue weighted by molar-refractivity contribution is 0.102. The number of nitrogens with zero attached hydrogens (tertiary/aromatic N) is 1. The van der Waals surface area contributed by atoms with Crippen LogP contribution in [0.15, 0.2) is 42.7 Å². The fraction of sp³-hybridized carbons (Fsp3) is 0.188. The van der Waals surface area contributed by atoms with Crippen LogP contribution in [0.3, 0.4) is 0 Å². The number of rotatable bonds is 6. The molecule has 0 unspecified atom stereocenters.